The quantitative estimate of drug-likeness (QED) is 0.575. The van der Waals surface area contributed by atoms with E-state index in [9.17, 15) is 0 Å². The van der Waals surface area contributed by atoms with Crippen LogP contribution in [-0.4, -0.2) is 12.6 Å². The van der Waals surface area contributed by atoms with Crippen LogP contribution in [0.1, 0.15) is 29.5 Å². The predicted octanol–water partition coefficient (Wildman–Crippen LogP) is 2.99. The summed E-state index contributed by atoms with van der Waals surface area (Å²) in [6.07, 6.45) is 8.26. The van der Waals surface area contributed by atoms with Crippen LogP contribution in [0.15, 0.2) is 12.1 Å². The summed E-state index contributed by atoms with van der Waals surface area (Å²) in [5.41, 5.74) is 0. The molecule has 1 aromatic heterocycles. The highest BCUT2D eigenvalue weighted by molar-refractivity contribution is 7.11. The predicted molar refractivity (Wildman–Crippen MR) is 68.3 cm³/mol. The van der Waals surface area contributed by atoms with Crippen molar-refractivity contribution in [3.63, 3.8) is 0 Å². The van der Waals surface area contributed by atoms with Crippen molar-refractivity contribution in [1.29, 1.82) is 0 Å². The minimum absolute atomic E-state index is 0.542. The molecular formula is C13H19NS. The van der Waals surface area contributed by atoms with Gasteiger partial charge in [-0.15, -0.1) is 23.7 Å². The third-order valence-electron chi connectivity index (χ3n) is 2.29. The number of rotatable bonds is 6. The van der Waals surface area contributed by atoms with Gasteiger partial charge in [0.05, 0.1) is 0 Å². The van der Waals surface area contributed by atoms with Gasteiger partial charge in [-0.1, -0.05) is 0 Å². The second-order valence-corrected chi connectivity index (χ2v) is 5.25. The van der Waals surface area contributed by atoms with E-state index in [0.29, 0.717) is 6.04 Å². The van der Waals surface area contributed by atoms with Crippen molar-refractivity contribution in [3.05, 3.63) is 21.9 Å². The lowest BCUT2D eigenvalue weighted by molar-refractivity contribution is 0.540. The van der Waals surface area contributed by atoms with Gasteiger partial charge in [0, 0.05) is 22.2 Å². The molecule has 2 heteroatoms. The van der Waals surface area contributed by atoms with Gasteiger partial charge < -0.3 is 5.32 Å². The van der Waals surface area contributed by atoms with Crippen LogP contribution in [-0.2, 0) is 6.42 Å². The Labute approximate surface area is 96.9 Å². The Hall–Kier alpha value is -0.780. The summed E-state index contributed by atoms with van der Waals surface area (Å²) in [5, 5.41) is 3.49. The van der Waals surface area contributed by atoms with Gasteiger partial charge in [0.15, 0.2) is 0 Å². The summed E-state index contributed by atoms with van der Waals surface area (Å²) in [4.78, 5) is 2.86. The fourth-order valence-electron chi connectivity index (χ4n) is 1.51. The molecule has 0 amide bonds. The van der Waals surface area contributed by atoms with Crippen LogP contribution in [0.2, 0.25) is 0 Å². The fraction of sp³-hybridized carbons (Fsp3) is 0.538. The van der Waals surface area contributed by atoms with Crippen LogP contribution < -0.4 is 5.32 Å². The summed E-state index contributed by atoms with van der Waals surface area (Å²) in [5.74, 6) is 2.66. The van der Waals surface area contributed by atoms with Gasteiger partial charge in [-0.2, -0.15) is 0 Å². The summed E-state index contributed by atoms with van der Waals surface area (Å²) < 4.78 is 0. The summed E-state index contributed by atoms with van der Waals surface area (Å²) in [6.45, 7) is 5.40. The summed E-state index contributed by atoms with van der Waals surface area (Å²) in [7, 11) is 0. The number of thiophene rings is 1. The zero-order valence-electron chi connectivity index (χ0n) is 9.55. The Morgan fingerprint density at radius 1 is 1.53 bits per heavy atom. The maximum atomic E-state index is 5.20. The second kappa shape index (κ2) is 6.66. The van der Waals surface area contributed by atoms with E-state index in [0.717, 1.165) is 25.8 Å². The van der Waals surface area contributed by atoms with E-state index in [1.54, 1.807) is 0 Å². The van der Waals surface area contributed by atoms with Crippen LogP contribution in [0.4, 0.5) is 0 Å². The number of aryl methyl sites for hydroxylation is 1. The van der Waals surface area contributed by atoms with E-state index in [2.05, 4.69) is 37.2 Å². The van der Waals surface area contributed by atoms with Crippen molar-refractivity contribution in [2.45, 2.75) is 39.2 Å². The Kier molecular flexibility index (Phi) is 5.45. The first kappa shape index (κ1) is 12.3. The van der Waals surface area contributed by atoms with Crippen LogP contribution in [0, 0.1) is 19.3 Å². The summed E-state index contributed by atoms with van der Waals surface area (Å²) in [6, 6.07) is 4.95. The third-order valence-corrected chi connectivity index (χ3v) is 3.32. The molecular weight excluding hydrogens is 202 g/mol. The van der Waals surface area contributed by atoms with Crippen LogP contribution in [0.25, 0.3) is 0 Å². The maximum absolute atomic E-state index is 5.20. The molecule has 1 atom stereocenters. The van der Waals surface area contributed by atoms with E-state index in [1.165, 1.54) is 9.75 Å². The van der Waals surface area contributed by atoms with Crippen LogP contribution >= 0.6 is 11.3 Å². The van der Waals surface area contributed by atoms with Gasteiger partial charge in [0.25, 0.3) is 0 Å². The highest BCUT2D eigenvalue weighted by atomic mass is 32.1. The number of unbranched alkanes of at least 4 members (excludes halogenated alkanes) is 1. The summed E-state index contributed by atoms with van der Waals surface area (Å²) >= 11 is 1.89. The molecule has 0 saturated heterocycles. The van der Waals surface area contributed by atoms with E-state index in [1.807, 2.05) is 11.3 Å². The SMILES string of the molecule is C#CCCCNC(C)Cc1ccc(C)s1. The number of hydrogen-bond donors (Lipinski definition) is 1. The van der Waals surface area contributed by atoms with Gasteiger partial charge in [-0.3, -0.25) is 0 Å². The lowest BCUT2D eigenvalue weighted by Crippen LogP contribution is -2.28. The minimum Gasteiger partial charge on any atom is -0.314 e. The molecule has 1 unspecified atom stereocenters. The van der Waals surface area contributed by atoms with Gasteiger partial charge in [0.1, 0.15) is 0 Å². The highest BCUT2D eigenvalue weighted by Crippen LogP contribution is 2.16. The average Bonchev–Trinajstić information content (AvgIpc) is 2.59. The van der Waals surface area contributed by atoms with Crippen molar-refractivity contribution in [3.8, 4) is 12.3 Å². The number of hydrogen-bond acceptors (Lipinski definition) is 2. The molecule has 0 radical (unpaired) electrons. The first-order chi connectivity index (χ1) is 7.22. The monoisotopic (exact) mass is 221 g/mol. The zero-order chi connectivity index (χ0) is 11.1. The molecule has 0 bridgehead atoms. The molecule has 0 aliphatic heterocycles. The average molecular weight is 221 g/mol. The van der Waals surface area contributed by atoms with Crippen molar-refractivity contribution in [2.75, 3.05) is 6.54 Å². The molecule has 1 aromatic rings. The molecule has 0 saturated carbocycles. The van der Waals surface area contributed by atoms with Gasteiger partial charge >= 0.3 is 0 Å². The lowest BCUT2D eigenvalue weighted by Gasteiger charge is -2.11. The first-order valence-corrected chi connectivity index (χ1v) is 6.26. The Morgan fingerprint density at radius 2 is 2.33 bits per heavy atom. The van der Waals surface area contributed by atoms with Crippen molar-refractivity contribution in [1.82, 2.24) is 5.32 Å². The van der Waals surface area contributed by atoms with Gasteiger partial charge in [-0.25, -0.2) is 0 Å². The topological polar surface area (TPSA) is 12.0 Å². The molecule has 1 N–H and O–H groups in total. The standard InChI is InChI=1S/C13H19NS/c1-4-5-6-9-14-11(2)10-13-8-7-12(3)15-13/h1,7-8,11,14H,5-6,9-10H2,2-3H3. The van der Waals surface area contributed by atoms with Crippen LogP contribution in [0.3, 0.4) is 0 Å². The molecule has 1 rings (SSSR count). The van der Waals surface area contributed by atoms with Crippen molar-refractivity contribution < 1.29 is 0 Å². The largest absolute Gasteiger partial charge is 0.314 e. The third kappa shape index (κ3) is 5.01. The van der Waals surface area contributed by atoms with Gasteiger partial charge in [0.2, 0.25) is 0 Å². The molecule has 82 valence electrons. The van der Waals surface area contributed by atoms with E-state index in [-0.39, 0.29) is 0 Å². The van der Waals surface area contributed by atoms with E-state index >= 15 is 0 Å². The normalized spacial score (nSPS) is 12.3. The fourth-order valence-corrected chi connectivity index (χ4v) is 2.53. The smallest absolute Gasteiger partial charge is 0.00981 e. The number of terminal acetylenes is 1. The molecule has 0 aliphatic rings. The Balaban J connectivity index is 2.19. The molecule has 0 aromatic carbocycles. The van der Waals surface area contributed by atoms with E-state index < -0.39 is 0 Å². The molecule has 0 aliphatic carbocycles. The molecule has 0 spiro atoms. The Bertz CT molecular complexity index is 322. The zero-order valence-corrected chi connectivity index (χ0v) is 10.4. The maximum Gasteiger partial charge on any atom is 0.00981 e. The first-order valence-electron chi connectivity index (χ1n) is 5.44. The van der Waals surface area contributed by atoms with Crippen molar-refractivity contribution in [2.24, 2.45) is 0 Å². The van der Waals surface area contributed by atoms with E-state index in [4.69, 9.17) is 6.42 Å². The molecule has 0 fully saturated rings. The Morgan fingerprint density at radius 3 is 2.93 bits per heavy atom. The molecule has 1 nitrogen and oxygen atoms in total. The van der Waals surface area contributed by atoms with Crippen molar-refractivity contribution >= 4 is 11.3 Å². The van der Waals surface area contributed by atoms with Crippen LogP contribution in [0.5, 0.6) is 0 Å². The number of nitrogens with one attached hydrogen (secondary N) is 1. The highest BCUT2D eigenvalue weighted by Gasteiger charge is 2.03. The lowest BCUT2D eigenvalue weighted by atomic mass is 10.2. The minimum atomic E-state index is 0.542. The molecule has 15 heavy (non-hydrogen) atoms. The van der Waals surface area contributed by atoms with Gasteiger partial charge in [-0.05, 0) is 45.4 Å². The second-order valence-electron chi connectivity index (χ2n) is 3.88. The molecule has 1 heterocycles.